The fraction of sp³-hybridized carbons (Fsp3) is 0.577. The van der Waals surface area contributed by atoms with Gasteiger partial charge in [-0.3, -0.25) is 9.78 Å². The van der Waals surface area contributed by atoms with E-state index in [0.717, 1.165) is 53.6 Å². The number of benzene rings is 1. The van der Waals surface area contributed by atoms with E-state index in [4.69, 9.17) is 0 Å². The van der Waals surface area contributed by atoms with E-state index in [9.17, 15) is 13.6 Å². The molecular weight excluding hydrogens is 516 g/mol. The number of carbonyl (C=O) groups excluding carboxylic acids is 1. The number of hydrogen-bond donors (Lipinski definition) is 1. The van der Waals surface area contributed by atoms with Crippen molar-refractivity contribution in [2.45, 2.75) is 63.7 Å². The van der Waals surface area contributed by atoms with E-state index in [1.807, 2.05) is 4.90 Å². The molecule has 0 atom stereocenters. The molecule has 1 aromatic carbocycles. The molecule has 1 saturated carbocycles. The van der Waals surface area contributed by atoms with E-state index in [-0.39, 0.29) is 31.8 Å². The monoisotopic (exact) mass is 545 g/mol. The summed E-state index contributed by atoms with van der Waals surface area (Å²) in [6.07, 6.45) is 10.6. The predicted octanol–water partition coefficient (Wildman–Crippen LogP) is 5.60. The number of nitrogens with zero attached hydrogens (tertiary/aromatic N) is 4. The standard InChI is InChI=1S/C26H30BrF2N5O/c27-19-14-20(33-10-6-25(4-5-25)7-11-33)23(18-3-1-2-17(18)19)24(35)32-21-15-30-16-22(31-21)34-12-8-26(28,29)9-13-34/h14-16H,1-13H2,(H,31,32,35). The molecule has 2 saturated heterocycles. The minimum absolute atomic E-state index is 0.172. The zero-order chi connectivity index (χ0) is 24.2. The lowest BCUT2D eigenvalue weighted by Crippen LogP contribution is -2.39. The van der Waals surface area contributed by atoms with E-state index in [1.165, 1.54) is 37.4 Å². The van der Waals surface area contributed by atoms with Crippen molar-refractivity contribution in [2.24, 2.45) is 5.41 Å². The van der Waals surface area contributed by atoms with Crippen LogP contribution < -0.4 is 15.1 Å². The Bertz CT molecular complexity index is 1150. The number of piperidine rings is 2. The highest BCUT2D eigenvalue weighted by Crippen LogP contribution is 2.54. The molecule has 1 amide bonds. The number of halogens is 3. The Morgan fingerprint density at radius 1 is 0.943 bits per heavy atom. The zero-order valence-corrected chi connectivity index (χ0v) is 21.3. The zero-order valence-electron chi connectivity index (χ0n) is 19.8. The normalized spacial score (nSPS) is 22.3. The Balaban J connectivity index is 1.26. The van der Waals surface area contributed by atoms with Crippen LogP contribution in [-0.2, 0) is 12.8 Å². The summed E-state index contributed by atoms with van der Waals surface area (Å²) in [5.74, 6) is -1.93. The summed E-state index contributed by atoms with van der Waals surface area (Å²) >= 11 is 3.77. The molecule has 186 valence electrons. The van der Waals surface area contributed by atoms with Crippen molar-refractivity contribution in [2.75, 3.05) is 41.3 Å². The Labute approximate surface area is 212 Å². The molecule has 2 aliphatic heterocycles. The smallest absolute Gasteiger partial charge is 0.259 e. The van der Waals surface area contributed by atoms with E-state index in [2.05, 4.69) is 42.2 Å². The second-order valence-corrected chi connectivity index (χ2v) is 11.5. The first-order valence-electron chi connectivity index (χ1n) is 12.7. The average molecular weight is 546 g/mol. The van der Waals surface area contributed by atoms with Crippen LogP contribution in [-0.4, -0.2) is 48.0 Å². The highest BCUT2D eigenvalue weighted by Gasteiger charge is 2.45. The third-order valence-corrected chi connectivity index (χ3v) is 9.07. The number of nitrogens with one attached hydrogen (secondary N) is 1. The van der Waals surface area contributed by atoms with E-state index in [0.29, 0.717) is 17.1 Å². The van der Waals surface area contributed by atoms with Crippen LogP contribution in [0, 0.1) is 5.41 Å². The first-order chi connectivity index (χ1) is 16.8. The fourth-order valence-corrected chi connectivity index (χ4v) is 6.58. The Morgan fingerprint density at radius 3 is 2.34 bits per heavy atom. The number of rotatable bonds is 4. The van der Waals surface area contributed by atoms with E-state index < -0.39 is 5.92 Å². The van der Waals surface area contributed by atoms with Crippen LogP contribution in [0.1, 0.15) is 66.4 Å². The maximum Gasteiger partial charge on any atom is 0.259 e. The van der Waals surface area contributed by atoms with Crippen molar-refractivity contribution >= 4 is 39.2 Å². The van der Waals surface area contributed by atoms with Crippen molar-refractivity contribution in [3.05, 3.63) is 39.6 Å². The highest BCUT2D eigenvalue weighted by atomic mass is 79.9. The third kappa shape index (κ3) is 4.52. The lowest BCUT2D eigenvalue weighted by molar-refractivity contribution is -0.0221. The molecule has 2 aliphatic carbocycles. The maximum absolute atomic E-state index is 13.7. The van der Waals surface area contributed by atoms with Crippen LogP contribution in [0.15, 0.2) is 22.9 Å². The van der Waals surface area contributed by atoms with Crippen molar-refractivity contribution in [3.63, 3.8) is 0 Å². The largest absolute Gasteiger partial charge is 0.371 e. The molecule has 6 nitrogen and oxygen atoms in total. The number of amides is 1. The van der Waals surface area contributed by atoms with Crippen LogP contribution in [0.5, 0.6) is 0 Å². The molecule has 6 rings (SSSR count). The van der Waals surface area contributed by atoms with Gasteiger partial charge >= 0.3 is 0 Å². The molecule has 1 spiro atoms. The number of aromatic nitrogens is 2. The van der Waals surface area contributed by atoms with Gasteiger partial charge in [-0.15, -0.1) is 0 Å². The second kappa shape index (κ2) is 8.68. The molecule has 3 fully saturated rings. The molecule has 35 heavy (non-hydrogen) atoms. The third-order valence-electron chi connectivity index (χ3n) is 8.36. The first kappa shape index (κ1) is 23.1. The maximum atomic E-state index is 13.7. The van der Waals surface area contributed by atoms with Crippen LogP contribution in [0.4, 0.5) is 26.1 Å². The van der Waals surface area contributed by atoms with Gasteiger partial charge in [-0.1, -0.05) is 15.9 Å². The van der Waals surface area contributed by atoms with Gasteiger partial charge in [-0.2, -0.15) is 0 Å². The average Bonchev–Trinajstić information content (AvgIpc) is 3.40. The number of carbonyl (C=O) groups is 1. The molecule has 1 N–H and O–H groups in total. The molecular formula is C26H30BrF2N5O. The van der Waals surface area contributed by atoms with Gasteiger partial charge in [0.1, 0.15) is 5.82 Å². The molecule has 3 heterocycles. The van der Waals surface area contributed by atoms with Gasteiger partial charge < -0.3 is 15.1 Å². The van der Waals surface area contributed by atoms with Crippen LogP contribution in [0.25, 0.3) is 0 Å². The predicted molar refractivity (Wildman–Crippen MR) is 136 cm³/mol. The van der Waals surface area contributed by atoms with Gasteiger partial charge in [0.2, 0.25) is 0 Å². The molecule has 2 aromatic rings. The topological polar surface area (TPSA) is 61.4 Å². The molecule has 0 bridgehead atoms. The number of fused-ring (bicyclic) bond motifs is 1. The second-order valence-electron chi connectivity index (χ2n) is 10.6. The summed E-state index contributed by atoms with van der Waals surface area (Å²) < 4.78 is 28.3. The van der Waals surface area contributed by atoms with E-state index >= 15 is 0 Å². The Morgan fingerprint density at radius 2 is 1.63 bits per heavy atom. The number of hydrogen-bond acceptors (Lipinski definition) is 5. The van der Waals surface area contributed by atoms with Crippen LogP contribution in [0.2, 0.25) is 0 Å². The first-order valence-corrected chi connectivity index (χ1v) is 13.5. The summed E-state index contributed by atoms with van der Waals surface area (Å²) in [6, 6.07) is 2.12. The molecule has 4 aliphatic rings. The number of alkyl halides is 2. The molecule has 0 radical (unpaired) electrons. The Kier molecular flexibility index (Phi) is 5.73. The number of anilines is 3. The molecule has 0 unspecified atom stereocenters. The van der Waals surface area contributed by atoms with Gasteiger partial charge in [0.05, 0.1) is 23.6 Å². The van der Waals surface area contributed by atoms with Crippen LogP contribution >= 0.6 is 15.9 Å². The van der Waals surface area contributed by atoms with Gasteiger partial charge in [-0.05, 0) is 67.6 Å². The van der Waals surface area contributed by atoms with Crippen LogP contribution in [0.3, 0.4) is 0 Å². The lowest BCUT2D eigenvalue weighted by atomic mass is 9.92. The SMILES string of the molecule is O=C(Nc1cncc(N2CCC(F)(F)CC2)n1)c1c(N2CCC3(CC2)CC3)cc(Br)c2c1CCC2. The summed E-state index contributed by atoms with van der Waals surface area (Å²) in [6.45, 7) is 2.39. The summed E-state index contributed by atoms with van der Waals surface area (Å²) in [4.78, 5) is 26.7. The Hall–Kier alpha value is -2.29. The van der Waals surface area contributed by atoms with Crippen molar-refractivity contribution in [3.8, 4) is 0 Å². The van der Waals surface area contributed by atoms with Gasteiger partial charge in [0, 0.05) is 43.5 Å². The molecule has 1 aromatic heterocycles. The van der Waals surface area contributed by atoms with Crippen molar-refractivity contribution < 1.29 is 13.6 Å². The summed E-state index contributed by atoms with van der Waals surface area (Å²) in [7, 11) is 0. The summed E-state index contributed by atoms with van der Waals surface area (Å²) in [5, 5.41) is 2.98. The highest BCUT2D eigenvalue weighted by molar-refractivity contribution is 9.10. The van der Waals surface area contributed by atoms with Gasteiger partial charge in [0.25, 0.3) is 11.8 Å². The minimum Gasteiger partial charge on any atom is -0.371 e. The van der Waals surface area contributed by atoms with Gasteiger partial charge in [0.15, 0.2) is 5.82 Å². The summed E-state index contributed by atoms with van der Waals surface area (Å²) in [5.41, 5.74) is 4.65. The van der Waals surface area contributed by atoms with Gasteiger partial charge in [-0.25, -0.2) is 13.8 Å². The van der Waals surface area contributed by atoms with Crippen molar-refractivity contribution in [1.82, 2.24) is 9.97 Å². The molecule has 9 heteroatoms. The minimum atomic E-state index is -2.62. The van der Waals surface area contributed by atoms with E-state index in [1.54, 1.807) is 6.20 Å². The fourth-order valence-electron chi connectivity index (χ4n) is 5.93. The van der Waals surface area contributed by atoms with Crippen molar-refractivity contribution in [1.29, 1.82) is 0 Å². The quantitative estimate of drug-likeness (QED) is 0.542. The lowest BCUT2D eigenvalue weighted by Gasteiger charge is -2.35.